The van der Waals surface area contributed by atoms with Gasteiger partial charge in [-0.15, -0.1) is 0 Å². The number of fused-ring (bicyclic) bond motifs is 2. The Balaban J connectivity index is 1.35. The Kier molecular flexibility index (Phi) is 6.71. The lowest BCUT2D eigenvalue weighted by atomic mass is 9.87. The molecule has 1 saturated heterocycles. The summed E-state index contributed by atoms with van der Waals surface area (Å²) in [7, 11) is 0. The van der Waals surface area contributed by atoms with Crippen LogP contribution in [-0.4, -0.2) is 42.3 Å². The number of nitrogens with one attached hydrogen (secondary N) is 1. The van der Waals surface area contributed by atoms with Gasteiger partial charge in [0.1, 0.15) is 11.9 Å². The van der Waals surface area contributed by atoms with E-state index in [4.69, 9.17) is 10.5 Å². The molecule has 5 heteroatoms. The van der Waals surface area contributed by atoms with E-state index in [1.807, 2.05) is 12.3 Å². The number of nitrogens with zero attached hydrogens (tertiary/aromatic N) is 1. The maximum Gasteiger partial charge on any atom is 0.119 e. The number of benzene rings is 3. The van der Waals surface area contributed by atoms with Crippen molar-refractivity contribution in [3.8, 4) is 5.75 Å². The quantitative estimate of drug-likeness (QED) is 0.276. The lowest BCUT2D eigenvalue weighted by Crippen LogP contribution is -2.26. The van der Waals surface area contributed by atoms with Crippen LogP contribution < -0.4 is 10.5 Å². The van der Waals surface area contributed by atoms with E-state index in [0.29, 0.717) is 6.42 Å². The van der Waals surface area contributed by atoms with Crippen molar-refractivity contribution in [3.63, 3.8) is 0 Å². The second-order valence-corrected chi connectivity index (χ2v) is 10.3. The minimum absolute atomic E-state index is 0.159. The molecule has 1 aliphatic carbocycles. The van der Waals surface area contributed by atoms with Crippen molar-refractivity contribution >= 4 is 27.7 Å². The van der Waals surface area contributed by atoms with Crippen molar-refractivity contribution < 1.29 is 9.13 Å². The van der Waals surface area contributed by atoms with Crippen LogP contribution in [0.15, 0.2) is 72.9 Å². The van der Waals surface area contributed by atoms with Gasteiger partial charge in [0.05, 0.1) is 6.67 Å². The monoisotopic (exact) mass is 495 g/mol. The van der Waals surface area contributed by atoms with Gasteiger partial charge in [-0.05, 0) is 113 Å². The number of likely N-dealkylation sites (tertiary alicyclic amines) is 1. The van der Waals surface area contributed by atoms with Crippen molar-refractivity contribution in [1.29, 1.82) is 0 Å². The van der Waals surface area contributed by atoms with Crippen LogP contribution in [0.5, 0.6) is 5.75 Å². The smallest absolute Gasteiger partial charge is 0.119 e. The van der Waals surface area contributed by atoms with E-state index in [1.54, 1.807) is 0 Å². The normalized spacial score (nSPS) is 18.2. The average Bonchev–Trinajstić information content (AvgIpc) is 3.53. The van der Waals surface area contributed by atoms with Gasteiger partial charge in [-0.25, -0.2) is 0 Å². The number of nitrogens with two attached hydrogens (primary N) is 1. The topological polar surface area (TPSA) is 54.3 Å². The average molecular weight is 496 g/mol. The number of halogens is 1. The van der Waals surface area contributed by atoms with E-state index in [9.17, 15) is 4.39 Å². The van der Waals surface area contributed by atoms with E-state index < -0.39 is 0 Å². The van der Waals surface area contributed by atoms with E-state index in [0.717, 1.165) is 62.3 Å². The molecule has 0 spiro atoms. The number of hydrogen-bond donors (Lipinski definition) is 2. The summed E-state index contributed by atoms with van der Waals surface area (Å²) < 4.78 is 18.9. The van der Waals surface area contributed by atoms with Gasteiger partial charge in [0.2, 0.25) is 0 Å². The van der Waals surface area contributed by atoms with Crippen LogP contribution in [0.4, 0.5) is 10.1 Å². The van der Waals surface area contributed by atoms with Crippen molar-refractivity contribution in [2.75, 3.05) is 32.0 Å². The molecule has 3 N–H and O–H groups in total. The molecule has 3 aromatic carbocycles. The van der Waals surface area contributed by atoms with Gasteiger partial charge in [0, 0.05) is 37.0 Å². The van der Waals surface area contributed by atoms with Gasteiger partial charge in [0.15, 0.2) is 0 Å². The minimum atomic E-state index is -0.255. The highest BCUT2D eigenvalue weighted by Gasteiger charge is 2.24. The Morgan fingerprint density at radius 1 is 0.973 bits per heavy atom. The standard InChI is InChI=1S/C32H34FN3O/c33-15-2-17-36-18-14-28(21-36)37-27-10-6-23(7-11-27)32-29(24-8-12-31-25(19-24)13-16-35-31)4-1-3-22-5-9-26(34)20-30(22)32/h5-13,16,19-20,28,35H,1-4,14-15,17-18,21,34H2. The zero-order chi connectivity index (χ0) is 25.2. The lowest BCUT2D eigenvalue weighted by molar-refractivity contribution is 0.198. The van der Waals surface area contributed by atoms with Gasteiger partial charge < -0.3 is 15.5 Å². The molecule has 6 rings (SSSR count). The number of alkyl halides is 1. The predicted molar refractivity (Wildman–Crippen MR) is 151 cm³/mol. The third-order valence-electron chi connectivity index (χ3n) is 7.76. The number of nitrogen functional groups attached to an aromatic ring is 1. The fraction of sp³-hybridized carbons (Fsp3) is 0.312. The highest BCUT2D eigenvalue weighted by atomic mass is 19.1. The van der Waals surface area contributed by atoms with E-state index in [1.165, 1.54) is 38.8 Å². The number of aromatic nitrogens is 1. The summed E-state index contributed by atoms with van der Waals surface area (Å²) in [6.45, 7) is 2.40. The molecule has 1 aromatic heterocycles. The van der Waals surface area contributed by atoms with Crippen molar-refractivity contribution in [2.45, 2.75) is 38.2 Å². The third-order valence-corrected chi connectivity index (χ3v) is 7.76. The molecule has 2 heterocycles. The van der Waals surface area contributed by atoms with Crippen LogP contribution in [0, 0.1) is 0 Å². The largest absolute Gasteiger partial charge is 0.489 e. The van der Waals surface area contributed by atoms with Crippen LogP contribution in [0.2, 0.25) is 0 Å². The number of aromatic amines is 1. The van der Waals surface area contributed by atoms with Gasteiger partial charge in [-0.3, -0.25) is 9.29 Å². The van der Waals surface area contributed by atoms with Gasteiger partial charge in [-0.2, -0.15) is 0 Å². The predicted octanol–water partition coefficient (Wildman–Crippen LogP) is 6.86. The second kappa shape index (κ2) is 10.4. The molecular weight excluding hydrogens is 461 g/mol. The third kappa shape index (κ3) is 5.01. The summed E-state index contributed by atoms with van der Waals surface area (Å²) in [5, 5.41) is 1.22. The maximum atomic E-state index is 12.5. The van der Waals surface area contributed by atoms with Crippen LogP contribution in [0.25, 0.3) is 22.0 Å². The second-order valence-electron chi connectivity index (χ2n) is 10.3. The number of ether oxygens (including phenoxy) is 1. The van der Waals surface area contributed by atoms with Crippen molar-refractivity contribution in [1.82, 2.24) is 9.88 Å². The first kappa shape index (κ1) is 23.8. The Bertz CT molecular complexity index is 1420. The van der Waals surface area contributed by atoms with Crippen LogP contribution in [0.3, 0.4) is 0 Å². The Hall–Kier alpha value is -3.57. The van der Waals surface area contributed by atoms with Gasteiger partial charge >= 0.3 is 0 Å². The Labute approximate surface area is 217 Å². The molecule has 0 saturated carbocycles. The molecule has 1 fully saturated rings. The van der Waals surface area contributed by atoms with Crippen LogP contribution in [0.1, 0.15) is 47.9 Å². The van der Waals surface area contributed by atoms with Gasteiger partial charge in [-0.1, -0.05) is 24.3 Å². The number of rotatable bonds is 7. The molecular formula is C32H34FN3O. The lowest BCUT2D eigenvalue weighted by Gasteiger charge is -2.19. The summed E-state index contributed by atoms with van der Waals surface area (Å²) in [6.07, 6.45) is 6.89. The maximum absolute atomic E-state index is 12.5. The van der Waals surface area contributed by atoms with Gasteiger partial charge in [0.25, 0.3) is 0 Å². The molecule has 190 valence electrons. The number of anilines is 1. The number of H-pyrrole nitrogens is 1. The molecule has 0 bridgehead atoms. The van der Waals surface area contributed by atoms with E-state index in [-0.39, 0.29) is 12.8 Å². The molecule has 1 atom stereocenters. The molecule has 4 aromatic rings. The molecule has 4 nitrogen and oxygen atoms in total. The fourth-order valence-electron chi connectivity index (χ4n) is 5.92. The molecule has 1 aliphatic heterocycles. The van der Waals surface area contributed by atoms with Crippen LogP contribution >= 0.6 is 0 Å². The number of hydrogen-bond acceptors (Lipinski definition) is 3. The Morgan fingerprint density at radius 2 is 1.84 bits per heavy atom. The first-order valence-electron chi connectivity index (χ1n) is 13.4. The highest BCUT2D eigenvalue weighted by Crippen LogP contribution is 2.41. The minimum Gasteiger partial charge on any atom is -0.489 e. The molecule has 0 radical (unpaired) electrons. The zero-order valence-electron chi connectivity index (χ0n) is 21.2. The van der Waals surface area contributed by atoms with E-state index >= 15 is 0 Å². The summed E-state index contributed by atoms with van der Waals surface area (Å²) in [6, 6.07) is 23.7. The van der Waals surface area contributed by atoms with Crippen LogP contribution in [-0.2, 0) is 6.42 Å². The first-order valence-corrected chi connectivity index (χ1v) is 13.4. The Morgan fingerprint density at radius 3 is 2.70 bits per heavy atom. The first-order chi connectivity index (χ1) is 18.2. The van der Waals surface area contributed by atoms with Crippen molar-refractivity contribution in [3.05, 3.63) is 95.2 Å². The fourth-order valence-corrected chi connectivity index (χ4v) is 5.92. The summed E-state index contributed by atoms with van der Waals surface area (Å²) in [5.74, 6) is 0.887. The molecule has 2 aliphatic rings. The summed E-state index contributed by atoms with van der Waals surface area (Å²) in [5.41, 5.74) is 15.9. The molecule has 37 heavy (non-hydrogen) atoms. The van der Waals surface area contributed by atoms with Crippen molar-refractivity contribution in [2.24, 2.45) is 0 Å². The summed E-state index contributed by atoms with van der Waals surface area (Å²) in [4.78, 5) is 5.61. The molecule has 1 unspecified atom stereocenters. The molecule has 0 amide bonds. The zero-order valence-corrected chi connectivity index (χ0v) is 21.2. The SMILES string of the molecule is Nc1ccc2c(c1)C(c1ccc(OC3CCN(CCCF)C3)cc1)=C(c1ccc3[nH]ccc3c1)CCC2. The summed E-state index contributed by atoms with van der Waals surface area (Å²) >= 11 is 0. The number of allylic oxidation sites excluding steroid dienone is 1. The highest BCUT2D eigenvalue weighted by molar-refractivity contribution is 6.01. The number of aryl methyl sites for hydroxylation is 1. The van der Waals surface area contributed by atoms with E-state index in [2.05, 4.69) is 70.5 Å².